The van der Waals surface area contributed by atoms with Gasteiger partial charge in [-0.3, -0.25) is 0 Å². The molecule has 0 atom stereocenters. The molecule has 1 N–H and O–H groups in total. The Balaban J connectivity index is 2.49. The third-order valence-electron chi connectivity index (χ3n) is 4.78. The maximum absolute atomic E-state index is 3.62. The Morgan fingerprint density at radius 2 is 1.89 bits per heavy atom. The van der Waals surface area contributed by atoms with Crippen molar-refractivity contribution in [3.63, 3.8) is 0 Å². The Bertz CT molecular complexity index is 224. The number of hydrogen-bond donors (Lipinski definition) is 1. The van der Waals surface area contributed by atoms with Crippen LogP contribution >= 0.6 is 0 Å². The van der Waals surface area contributed by atoms with Crippen LogP contribution in [0.5, 0.6) is 0 Å². The van der Waals surface area contributed by atoms with Crippen LogP contribution in [0.25, 0.3) is 0 Å². The molecule has 0 aromatic rings. The molecule has 1 aliphatic rings. The second-order valence-electron chi connectivity index (χ2n) is 7.38. The van der Waals surface area contributed by atoms with Gasteiger partial charge in [0.25, 0.3) is 0 Å². The Morgan fingerprint density at radius 3 is 2.42 bits per heavy atom. The Hall–Kier alpha value is -0.0800. The number of nitrogens with zero attached hydrogens (tertiary/aromatic N) is 1. The van der Waals surface area contributed by atoms with Crippen LogP contribution < -0.4 is 5.32 Å². The summed E-state index contributed by atoms with van der Waals surface area (Å²) in [5.41, 5.74) is 0.536. The van der Waals surface area contributed by atoms with Crippen LogP contribution in [0.15, 0.2) is 0 Å². The molecule has 0 aromatic carbocycles. The summed E-state index contributed by atoms with van der Waals surface area (Å²) in [4.78, 5) is 2.58. The maximum Gasteiger partial charge on any atom is 0.00471 e. The summed E-state index contributed by atoms with van der Waals surface area (Å²) in [6.45, 7) is 14.1. The first-order valence-corrected chi connectivity index (χ1v) is 8.36. The normalized spacial score (nSPS) is 28.3. The van der Waals surface area contributed by atoms with Crippen LogP contribution in [0.2, 0.25) is 0 Å². The lowest BCUT2D eigenvalue weighted by Gasteiger charge is -2.42. The molecule has 0 amide bonds. The lowest BCUT2D eigenvalue weighted by molar-refractivity contribution is 0.0973. The fourth-order valence-electron chi connectivity index (χ4n) is 3.29. The summed E-state index contributed by atoms with van der Waals surface area (Å²) < 4.78 is 0. The fourth-order valence-corrected chi connectivity index (χ4v) is 3.29. The summed E-state index contributed by atoms with van der Waals surface area (Å²) in [5, 5.41) is 3.62. The molecule has 0 aromatic heterocycles. The Kier molecular flexibility index (Phi) is 7.38. The smallest absolute Gasteiger partial charge is 0.00471 e. The molecule has 0 spiro atoms. The third kappa shape index (κ3) is 6.27. The fraction of sp³-hybridized carbons (Fsp3) is 1.00. The standard InChI is InChI=1S/C17H36N2/c1-6-18-13-17(10-7-16(4)8-11-17)14-19(5)12-9-15(2)3/h15-16,18H,6-14H2,1-5H3. The molecule has 0 bridgehead atoms. The van der Waals surface area contributed by atoms with E-state index < -0.39 is 0 Å². The van der Waals surface area contributed by atoms with Gasteiger partial charge in [0.2, 0.25) is 0 Å². The monoisotopic (exact) mass is 268 g/mol. The predicted octanol–water partition coefficient (Wildman–Crippen LogP) is 3.77. The van der Waals surface area contributed by atoms with E-state index in [1.165, 1.54) is 51.7 Å². The van der Waals surface area contributed by atoms with Crippen molar-refractivity contribution in [2.24, 2.45) is 17.3 Å². The van der Waals surface area contributed by atoms with Crippen molar-refractivity contribution in [2.75, 3.05) is 33.2 Å². The minimum absolute atomic E-state index is 0.536. The maximum atomic E-state index is 3.62. The molecule has 1 saturated carbocycles. The van der Waals surface area contributed by atoms with Gasteiger partial charge >= 0.3 is 0 Å². The topological polar surface area (TPSA) is 15.3 Å². The van der Waals surface area contributed by atoms with Crippen molar-refractivity contribution in [3.8, 4) is 0 Å². The van der Waals surface area contributed by atoms with Gasteiger partial charge in [0.05, 0.1) is 0 Å². The van der Waals surface area contributed by atoms with Gasteiger partial charge in [-0.1, -0.05) is 40.5 Å². The highest BCUT2D eigenvalue weighted by molar-refractivity contribution is 4.88. The van der Waals surface area contributed by atoms with Crippen molar-refractivity contribution >= 4 is 0 Å². The van der Waals surface area contributed by atoms with E-state index in [4.69, 9.17) is 0 Å². The largest absolute Gasteiger partial charge is 0.316 e. The molecule has 0 heterocycles. The molecule has 19 heavy (non-hydrogen) atoms. The number of hydrogen-bond acceptors (Lipinski definition) is 2. The minimum atomic E-state index is 0.536. The summed E-state index contributed by atoms with van der Waals surface area (Å²) in [6.07, 6.45) is 6.98. The molecule has 2 nitrogen and oxygen atoms in total. The molecular weight excluding hydrogens is 232 g/mol. The van der Waals surface area contributed by atoms with E-state index in [-0.39, 0.29) is 0 Å². The molecule has 2 heteroatoms. The van der Waals surface area contributed by atoms with Crippen LogP contribution in [0, 0.1) is 17.3 Å². The van der Waals surface area contributed by atoms with Gasteiger partial charge in [0.1, 0.15) is 0 Å². The predicted molar refractivity (Wildman–Crippen MR) is 85.6 cm³/mol. The Labute approximate surface area is 121 Å². The first-order valence-electron chi connectivity index (χ1n) is 8.36. The van der Waals surface area contributed by atoms with Crippen molar-refractivity contribution in [1.29, 1.82) is 0 Å². The zero-order valence-electron chi connectivity index (χ0n) is 14.0. The SMILES string of the molecule is CCNCC1(CN(C)CCC(C)C)CCC(C)CC1. The number of rotatable bonds is 8. The van der Waals surface area contributed by atoms with E-state index in [9.17, 15) is 0 Å². The summed E-state index contributed by atoms with van der Waals surface area (Å²) in [6, 6.07) is 0. The highest BCUT2D eigenvalue weighted by Crippen LogP contribution is 2.39. The summed E-state index contributed by atoms with van der Waals surface area (Å²) >= 11 is 0. The summed E-state index contributed by atoms with van der Waals surface area (Å²) in [5.74, 6) is 1.76. The van der Waals surface area contributed by atoms with Crippen molar-refractivity contribution in [1.82, 2.24) is 10.2 Å². The van der Waals surface area contributed by atoms with Gasteiger partial charge in [-0.05, 0) is 56.7 Å². The molecule has 1 aliphatic carbocycles. The molecule has 1 rings (SSSR count). The summed E-state index contributed by atoms with van der Waals surface area (Å²) in [7, 11) is 2.31. The third-order valence-corrected chi connectivity index (χ3v) is 4.78. The molecular formula is C17H36N2. The van der Waals surface area contributed by atoms with E-state index in [1.54, 1.807) is 0 Å². The quantitative estimate of drug-likeness (QED) is 0.721. The van der Waals surface area contributed by atoms with Crippen molar-refractivity contribution in [2.45, 2.75) is 59.8 Å². The molecule has 1 fully saturated rings. The van der Waals surface area contributed by atoms with Crippen molar-refractivity contribution in [3.05, 3.63) is 0 Å². The second-order valence-corrected chi connectivity index (χ2v) is 7.38. The number of nitrogens with one attached hydrogen (secondary N) is 1. The Morgan fingerprint density at radius 1 is 1.26 bits per heavy atom. The van der Waals surface area contributed by atoms with Gasteiger partial charge in [-0.25, -0.2) is 0 Å². The van der Waals surface area contributed by atoms with E-state index in [1.807, 2.05) is 0 Å². The lowest BCUT2D eigenvalue weighted by Crippen LogP contribution is -2.45. The average Bonchev–Trinajstić information content (AvgIpc) is 2.37. The van der Waals surface area contributed by atoms with Crippen LogP contribution in [0.1, 0.15) is 59.8 Å². The molecule has 0 aliphatic heterocycles. The molecule has 114 valence electrons. The second kappa shape index (κ2) is 8.26. The van der Waals surface area contributed by atoms with Gasteiger partial charge < -0.3 is 10.2 Å². The van der Waals surface area contributed by atoms with Crippen LogP contribution in [0.3, 0.4) is 0 Å². The van der Waals surface area contributed by atoms with Crippen LogP contribution in [-0.2, 0) is 0 Å². The highest BCUT2D eigenvalue weighted by atomic mass is 15.1. The first kappa shape index (κ1) is 17.0. The van der Waals surface area contributed by atoms with Gasteiger partial charge in [0.15, 0.2) is 0 Å². The lowest BCUT2D eigenvalue weighted by atomic mass is 9.70. The zero-order valence-corrected chi connectivity index (χ0v) is 14.0. The van der Waals surface area contributed by atoms with Crippen LogP contribution in [-0.4, -0.2) is 38.1 Å². The van der Waals surface area contributed by atoms with E-state index in [0.29, 0.717) is 5.41 Å². The molecule has 0 radical (unpaired) electrons. The van der Waals surface area contributed by atoms with Gasteiger partial charge in [-0.2, -0.15) is 0 Å². The minimum Gasteiger partial charge on any atom is -0.316 e. The van der Waals surface area contributed by atoms with Crippen LogP contribution in [0.4, 0.5) is 0 Å². The first-order chi connectivity index (χ1) is 8.97. The van der Waals surface area contributed by atoms with E-state index >= 15 is 0 Å². The average molecular weight is 268 g/mol. The van der Waals surface area contributed by atoms with E-state index in [2.05, 4.69) is 45.0 Å². The van der Waals surface area contributed by atoms with Crippen molar-refractivity contribution < 1.29 is 0 Å². The van der Waals surface area contributed by atoms with E-state index in [0.717, 1.165) is 18.4 Å². The van der Waals surface area contributed by atoms with Gasteiger partial charge in [-0.15, -0.1) is 0 Å². The molecule has 0 saturated heterocycles. The molecule has 0 unspecified atom stereocenters. The van der Waals surface area contributed by atoms with Gasteiger partial charge in [0, 0.05) is 13.1 Å². The zero-order chi connectivity index (χ0) is 14.3. The highest BCUT2D eigenvalue weighted by Gasteiger charge is 2.34.